The first-order valence-electron chi connectivity index (χ1n) is 13.9. The zero-order valence-corrected chi connectivity index (χ0v) is 26.0. The largest absolute Gasteiger partial charge is 0.477 e. The fourth-order valence-electron chi connectivity index (χ4n) is 5.69. The maximum atomic E-state index is 14.8. The van der Waals surface area contributed by atoms with Crippen LogP contribution in [0.4, 0.5) is 9.52 Å². The Morgan fingerprint density at radius 3 is 2.78 bits per heavy atom. The molecule has 236 valence electrons. The molecule has 1 fully saturated rings. The van der Waals surface area contributed by atoms with Gasteiger partial charge in [-0.1, -0.05) is 17.3 Å². The summed E-state index contributed by atoms with van der Waals surface area (Å²) in [6, 6.07) is 9.99. The first-order chi connectivity index (χ1) is 22.1. The average Bonchev–Trinajstić information content (AvgIpc) is 3.65. The van der Waals surface area contributed by atoms with Gasteiger partial charge in [-0.2, -0.15) is 4.57 Å². The number of amidine groups is 1. The van der Waals surface area contributed by atoms with E-state index in [2.05, 4.69) is 10.1 Å². The smallest absolute Gasteiger partial charge is 0.352 e. The molecule has 2 aliphatic rings. The number of fused-ring (bicyclic) bond motifs is 2. The summed E-state index contributed by atoms with van der Waals surface area (Å²) < 4.78 is 18.5. The number of aromatic nitrogens is 3. The molecule has 16 heteroatoms. The second-order valence-corrected chi connectivity index (χ2v) is 12.7. The van der Waals surface area contributed by atoms with Gasteiger partial charge in [0.1, 0.15) is 35.7 Å². The molecule has 1 saturated heterocycles. The number of nitrogens with one attached hydrogen (secondary N) is 1. The molecule has 5 heterocycles. The number of nitrogens with two attached hydrogens (primary N) is 2. The molecule has 0 saturated carbocycles. The Balaban J connectivity index is 1.22. The van der Waals surface area contributed by atoms with E-state index in [1.54, 1.807) is 17.5 Å². The maximum Gasteiger partial charge on any atom is 0.352 e. The highest BCUT2D eigenvalue weighted by Gasteiger charge is 2.54. The monoisotopic (exact) mass is 663 g/mol. The number of benzene rings is 1. The SMILES string of the molecule is CO/N=C(\C(=O)C[C@@H]1C(=O)N2C(C(=O)O)=C(C[n+]3cccc4c3ccn4Cc3ccc(C(=N)N)cc3F)CS[C@H]12)c1csc(N)n1. The Bertz CT molecular complexity index is 1990. The van der Waals surface area contributed by atoms with E-state index >= 15 is 0 Å². The Morgan fingerprint density at radius 1 is 1.30 bits per heavy atom. The van der Waals surface area contributed by atoms with E-state index < -0.39 is 34.8 Å². The molecule has 1 amide bonds. The third-order valence-electron chi connectivity index (χ3n) is 7.86. The molecule has 0 unspecified atom stereocenters. The minimum absolute atomic E-state index is 0.0514. The van der Waals surface area contributed by atoms with Crippen LogP contribution in [0.1, 0.15) is 23.2 Å². The van der Waals surface area contributed by atoms with E-state index in [0.717, 1.165) is 22.4 Å². The van der Waals surface area contributed by atoms with Crippen molar-refractivity contribution < 1.29 is 33.3 Å². The quantitative estimate of drug-likeness (QED) is 0.0613. The molecule has 13 nitrogen and oxygen atoms in total. The number of nitrogen functional groups attached to an aromatic ring is 2. The Morgan fingerprint density at radius 2 is 2.11 bits per heavy atom. The molecule has 1 aromatic carbocycles. The number of halogens is 1. The summed E-state index contributed by atoms with van der Waals surface area (Å²) in [5.74, 6) is -3.24. The van der Waals surface area contributed by atoms with Gasteiger partial charge in [-0.25, -0.2) is 14.2 Å². The van der Waals surface area contributed by atoms with Crippen molar-refractivity contribution >= 4 is 68.5 Å². The van der Waals surface area contributed by atoms with Crippen molar-refractivity contribution in [3.63, 3.8) is 0 Å². The van der Waals surface area contributed by atoms with Crippen molar-refractivity contribution in [1.29, 1.82) is 5.41 Å². The normalized spacial score (nSPS) is 18.0. The van der Waals surface area contributed by atoms with E-state index in [1.807, 2.05) is 39.7 Å². The molecule has 4 aromatic rings. The van der Waals surface area contributed by atoms with Gasteiger partial charge in [-0.05, 0) is 12.1 Å². The molecule has 0 aliphatic carbocycles. The number of carboxylic acids is 1. The number of hydrogen-bond donors (Lipinski definition) is 4. The molecule has 0 bridgehead atoms. The molecule has 46 heavy (non-hydrogen) atoms. The van der Waals surface area contributed by atoms with Gasteiger partial charge in [-0.3, -0.25) is 19.9 Å². The van der Waals surface area contributed by atoms with Crippen LogP contribution in [0.2, 0.25) is 0 Å². The highest BCUT2D eigenvalue weighted by atomic mass is 32.2. The molecule has 0 spiro atoms. The minimum Gasteiger partial charge on any atom is -0.477 e. The molecule has 2 aliphatic heterocycles. The van der Waals surface area contributed by atoms with Crippen LogP contribution in [0.3, 0.4) is 0 Å². The molecular weight excluding hydrogens is 636 g/mol. The van der Waals surface area contributed by atoms with Crippen molar-refractivity contribution in [3.05, 3.63) is 88.1 Å². The van der Waals surface area contributed by atoms with E-state index in [0.29, 0.717) is 22.5 Å². The fourth-order valence-corrected chi connectivity index (χ4v) is 7.64. The first-order valence-corrected chi connectivity index (χ1v) is 15.9. The van der Waals surface area contributed by atoms with Crippen LogP contribution in [0, 0.1) is 17.1 Å². The zero-order valence-electron chi connectivity index (χ0n) is 24.3. The van der Waals surface area contributed by atoms with Crippen LogP contribution in [-0.4, -0.2) is 67.0 Å². The van der Waals surface area contributed by atoms with Gasteiger partial charge >= 0.3 is 5.97 Å². The van der Waals surface area contributed by atoms with Gasteiger partial charge in [-0.15, -0.1) is 23.1 Å². The van der Waals surface area contributed by atoms with Gasteiger partial charge in [0, 0.05) is 52.6 Å². The number of thioether (sulfide) groups is 1. The lowest BCUT2D eigenvalue weighted by Gasteiger charge is -2.49. The summed E-state index contributed by atoms with van der Waals surface area (Å²) in [6.45, 7) is 0.431. The summed E-state index contributed by atoms with van der Waals surface area (Å²) in [6.07, 6.45) is 3.45. The number of anilines is 1. The number of amides is 1. The molecule has 6 N–H and O–H groups in total. The number of hydrogen-bond acceptors (Lipinski definition) is 10. The minimum atomic E-state index is -1.23. The third kappa shape index (κ3) is 5.60. The predicted octanol–water partition coefficient (Wildman–Crippen LogP) is 2.32. The number of Topliss-reactive ketones (excluding diaryl/α,β-unsaturated/α-hetero) is 1. The summed E-state index contributed by atoms with van der Waals surface area (Å²) >= 11 is 2.54. The second-order valence-electron chi connectivity index (χ2n) is 10.7. The van der Waals surface area contributed by atoms with E-state index in [9.17, 15) is 23.9 Å². The lowest BCUT2D eigenvalue weighted by atomic mass is 9.89. The number of nitrogens with zero attached hydrogens (tertiary/aromatic N) is 5. The number of ketones is 1. The van der Waals surface area contributed by atoms with Gasteiger partial charge in [0.15, 0.2) is 29.4 Å². The highest BCUT2D eigenvalue weighted by molar-refractivity contribution is 8.00. The summed E-state index contributed by atoms with van der Waals surface area (Å²) in [5.41, 5.74) is 14.1. The number of β-lactam (4-membered cyclic amide) rings is 1. The lowest BCUT2D eigenvalue weighted by Crippen LogP contribution is -2.62. The van der Waals surface area contributed by atoms with Gasteiger partial charge in [0.2, 0.25) is 11.4 Å². The topological polar surface area (TPSA) is 194 Å². The summed E-state index contributed by atoms with van der Waals surface area (Å²) in [4.78, 5) is 49.2. The summed E-state index contributed by atoms with van der Waals surface area (Å²) in [7, 11) is 1.30. The summed E-state index contributed by atoms with van der Waals surface area (Å²) in [5, 5.41) is 22.8. The second kappa shape index (κ2) is 12.4. The molecule has 0 radical (unpaired) electrons. The van der Waals surface area contributed by atoms with E-state index in [1.165, 1.54) is 29.8 Å². The number of carbonyl (C=O) groups excluding carboxylic acids is 2. The standard InChI is InChI=1S/C30H27FN8O5S2/c1-44-36-24(20-14-46-30(34)35-20)23(40)10-18-27(41)39-25(29(42)43)17(13-45-28(18)39)12-37-7-2-3-21-22(37)6-8-38(21)11-16-5-4-15(26(32)33)9-19(16)31/h2-9,14,18,28H,10-13H2,1H3,(H5-,32,33,34,35,42,43)/p+1/b36-24-/t18-,28-/m1/s1. The van der Waals surface area contributed by atoms with E-state index in [4.69, 9.17) is 21.7 Å². The number of thiazole rings is 1. The lowest BCUT2D eigenvalue weighted by molar-refractivity contribution is -0.663. The van der Waals surface area contributed by atoms with Crippen molar-refractivity contribution in [3.8, 4) is 0 Å². The zero-order chi connectivity index (χ0) is 32.7. The molecule has 3 aromatic heterocycles. The molecule has 2 atom stereocenters. The third-order valence-corrected chi connectivity index (χ3v) is 9.93. The number of aliphatic carboxylic acids is 1. The Kier molecular flexibility index (Phi) is 8.31. The van der Waals surface area contributed by atoms with Gasteiger partial charge in [0.25, 0.3) is 0 Å². The van der Waals surface area contributed by atoms with Crippen molar-refractivity contribution in [2.75, 3.05) is 18.6 Å². The number of rotatable bonds is 11. The number of carbonyl (C=O) groups is 3. The van der Waals surface area contributed by atoms with Crippen molar-refractivity contribution in [2.24, 2.45) is 16.8 Å². The van der Waals surface area contributed by atoms with Crippen LogP contribution >= 0.6 is 23.1 Å². The molecule has 6 rings (SSSR count). The first kappa shape index (κ1) is 30.9. The van der Waals surface area contributed by atoms with Gasteiger partial charge < -0.3 is 26.0 Å². The van der Waals surface area contributed by atoms with Crippen molar-refractivity contribution in [2.45, 2.75) is 24.9 Å². The van der Waals surface area contributed by atoms with Crippen molar-refractivity contribution in [1.82, 2.24) is 14.5 Å². The fraction of sp³-hybridized carbons (Fsp3) is 0.233. The predicted molar refractivity (Wildman–Crippen MR) is 170 cm³/mol. The highest BCUT2D eigenvalue weighted by Crippen LogP contribution is 2.45. The van der Waals surface area contributed by atoms with E-state index in [-0.39, 0.29) is 47.6 Å². The van der Waals surface area contributed by atoms with Crippen LogP contribution in [0.5, 0.6) is 0 Å². The number of oxime groups is 1. The maximum absolute atomic E-state index is 14.8. The van der Waals surface area contributed by atoms with Crippen LogP contribution in [-0.2, 0) is 32.3 Å². The van der Waals surface area contributed by atoms with Gasteiger partial charge in [0.05, 0.1) is 17.8 Å². The Hall–Kier alpha value is -5.09. The number of pyridine rings is 1. The number of carboxylic acid groups (broad SMARTS) is 1. The average molecular weight is 664 g/mol. The van der Waals surface area contributed by atoms with Crippen LogP contribution < -0.4 is 16.0 Å². The van der Waals surface area contributed by atoms with Crippen LogP contribution in [0.15, 0.2) is 70.6 Å². The van der Waals surface area contributed by atoms with Crippen LogP contribution in [0.25, 0.3) is 11.0 Å². The Labute approximate surface area is 269 Å². The molecular formula is C30H28FN8O5S2+.